The van der Waals surface area contributed by atoms with Crippen LogP contribution in [0.15, 0.2) is 71.9 Å². The van der Waals surface area contributed by atoms with Gasteiger partial charge in [-0.1, -0.05) is 6.07 Å². The number of hydrogen-bond acceptors (Lipinski definition) is 7. The van der Waals surface area contributed by atoms with Gasteiger partial charge in [0.1, 0.15) is 5.69 Å². The Kier molecular flexibility index (Phi) is 5.86. The first kappa shape index (κ1) is 23.3. The molecule has 10 nitrogen and oxygen atoms in total. The van der Waals surface area contributed by atoms with Gasteiger partial charge in [0.15, 0.2) is 11.5 Å². The molecule has 39 heavy (non-hydrogen) atoms. The fraction of sp³-hybridized carbons (Fsp3) is 0.207. The molecular weight excluding hydrogens is 492 g/mol. The summed E-state index contributed by atoms with van der Waals surface area (Å²) >= 11 is 0. The minimum atomic E-state index is 0.0294. The molecule has 4 N–H and O–H groups in total. The molecule has 6 aromatic rings. The molecule has 194 valence electrons. The van der Waals surface area contributed by atoms with Crippen molar-refractivity contribution in [3.8, 4) is 33.8 Å². The zero-order valence-electron chi connectivity index (χ0n) is 21.1. The van der Waals surface area contributed by atoms with Crippen LogP contribution in [0.3, 0.4) is 0 Å². The molecule has 1 saturated heterocycles. The van der Waals surface area contributed by atoms with Crippen LogP contribution in [0.5, 0.6) is 0 Å². The number of carbonyl (C=O) groups is 1. The molecule has 0 bridgehead atoms. The van der Waals surface area contributed by atoms with E-state index in [1.54, 1.807) is 31.1 Å². The van der Waals surface area contributed by atoms with E-state index >= 15 is 0 Å². The molecule has 0 radical (unpaired) electrons. The second kappa shape index (κ2) is 9.80. The topological polar surface area (TPSA) is 137 Å². The van der Waals surface area contributed by atoms with Crippen molar-refractivity contribution in [2.75, 3.05) is 18.4 Å². The first-order chi connectivity index (χ1) is 19.2. The molecule has 0 saturated carbocycles. The molecule has 10 heteroatoms. The largest absolute Gasteiger partial charge is 0.472 e. The highest BCUT2D eigenvalue weighted by atomic mass is 16.3. The number of nitrogens with zero attached hydrogens (tertiary/aromatic N) is 4. The zero-order valence-corrected chi connectivity index (χ0v) is 21.1. The van der Waals surface area contributed by atoms with E-state index in [9.17, 15) is 4.79 Å². The SMILES string of the molecule is O=C(CC1CCNCC1)Nc1cncc(-c2ccc3[nH]nc(-c4nc5nccc(-c6ccoc6)c5[nH]4)c3c2)c1. The van der Waals surface area contributed by atoms with Crippen molar-refractivity contribution in [3.63, 3.8) is 0 Å². The molecule has 1 aromatic carbocycles. The van der Waals surface area contributed by atoms with E-state index in [2.05, 4.69) is 41.8 Å². The Morgan fingerprint density at radius 2 is 1.97 bits per heavy atom. The maximum Gasteiger partial charge on any atom is 0.224 e. The second-order valence-corrected chi connectivity index (χ2v) is 9.90. The van der Waals surface area contributed by atoms with Crippen LogP contribution in [0.1, 0.15) is 19.3 Å². The van der Waals surface area contributed by atoms with Gasteiger partial charge in [-0.2, -0.15) is 5.10 Å². The highest BCUT2D eigenvalue weighted by Gasteiger charge is 2.18. The Morgan fingerprint density at radius 1 is 1.05 bits per heavy atom. The number of furan rings is 1. The van der Waals surface area contributed by atoms with Gasteiger partial charge in [-0.3, -0.25) is 14.9 Å². The van der Waals surface area contributed by atoms with Crippen molar-refractivity contribution >= 4 is 33.7 Å². The Labute approximate surface area is 223 Å². The van der Waals surface area contributed by atoms with E-state index in [1.165, 1.54) is 0 Å². The van der Waals surface area contributed by atoms with Crippen molar-refractivity contribution in [1.82, 2.24) is 35.5 Å². The van der Waals surface area contributed by atoms with Crippen LogP contribution >= 0.6 is 0 Å². The Hall–Kier alpha value is -4.83. The molecule has 7 rings (SSSR count). The lowest BCUT2D eigenvalue weighted by atomic mass is 9.94. The monoisotopic (exact) mass is 518 g/mol. The predicted molar refractivity (Wildman–Crippen MR) is 149 cm³/mol. The number of aromatic nitrogens is 6. The number of imidazole rings is 1. The summed E-state index contributed by atoms with van der Waals surface area (Å²) in [5, 5.41) is 15.0. The van der Waals surface area contributed by atoms with Crippen molar-refractivity contribution in [1.29, 1.82) is 0 Å². The van der Waals surface area contributed by atoms with Gasteiger partial charge in [0, 0.05) is 40.9 Å². The average molecular weight is 519 g/mol. The van der Waals surface area contributed by atoms with Crippen LogP contribution in [-0.2, 0) is 4.79 Å². The Morgan fingerprint density at radius 3 is 2.85 bits per heavy atom. The molecule has 6 heterocycles. The van der Waals surface area contributed by atoms with Gasteiger partial charge in [-0.15, -0.1) is 0 Å². The number of hydrogen-bond donors (Lipinski definition) is 4. The van der Waals surface area contributed by atoms with Crippen molar-refractivity contribution in [3.05, 3.63) is 67.5 Å². The maximum absolute atomic E-state index is 12.7. The number of H-pyrrole nitrogens is 2. The summed E-state index contributed by atoms with van der Waals surface area (Å²) in [4.78, 5) is 29.6. The lowest BCUT2D eigenvalue weighted by Crippen LogP contribution is -2.30. The van der Waals surface area contributed by atoms with Crippen molar-refractivity contribution in [2.24, 2.45) is 5.92 Å². The first-order valence-electron chi connectivity index (χ1n) is 13.0. The van der Waals surface area contributed by atoms with Crippen molar-refractivity contribution < 1.29 is 9.21 Å². The predicted octanol–water partition coefficient (Wildman–Crippen LogP) is 5.15. The molecule has 1 fully saturated rings. The number of pyridine rings is 2. The number of anilines is 1. The van der Waals surface area contributed by atoms with Gasteiger partial charge in [0.25, 0.3) is 0 Å². The van der Waals surface area contributed by atoms with E-state index in [1.807, 2.05) is 30.3 Å². The summed E-state index contributed by atoms with van der Waals surface area (Å²) in [6.07, 6.45) is 11.2. The molecule has 0 aliphatic carbocycles. The number of rotatable bonds is 6. The highest BCUT2D eigenvalue weighted by Crippen LogP contribution is 2.33. The summed E-state index contributed by atoms with van der Waals surface area (Å²) in [6.45, 7) is 1.95. The molecule has 1 aliphatic heterocycles. The van der Waals surface area contributed by atoms with Gasteiger partial charge in [-0.05, 0) is 67.7 Å². The third kappa shape index (κ3) is 4.55. The van der Waals surface area contributed by atoms with E-state index in [4.69, 9.17) is 9.40 Å². The molecule has 1 aliphatic rings. The van der Waals surface area contributed by atoms with E-state index in [-0.39, 0.29) is 5.91 Å². The van der Waals surface area contributed by atoms with Crippen LogP contribution in [0.4, 0.5) is 5.69 Å². The van der Waals surface area contributed by atoms with Gasteiger partial charge in [-0.25, -0.2) is 9.97 Å². The first-order valence-corrected chi connectivity index (χ1v) is 13.0. The quantitative estimate of drug-likeness (QED) is 0.239. The smallest absolute Gasteiger partial charge is 0.224 e. The molecule has 0 unspecified atom stereocenters. The van der Waals surface area contributed by atoms with Crippen LogP contribution in [0.25, 0.3) is 55.8 Å². The number of amides is 1. The van der Waals surface area contributed by atoms with Gasteiger partial charge < -0.3 is 20.0 Å². The number of benzene rings is 1. The molecule has 0 spiro atoms. The third-order valence-corrected chi connectivity index (χ3v) is 7.30. The Bertz CT molecular complexity index is 1780. The number of nitrogens with one attached hydrogen (secondary N) is 4. The summed E-state index contributed by atoms with van der Waals surface area (Å²) in [7, 11) is 0. The van der Waals surface area contributed by atoms with E-state index < -0.39 is 0 Å². The minimum absolute atomic E-state index is 0.0294. The van der Waals surface area contributed by atoms with E-state index in [0.717, 1.165) is 64.6 Å². The van der Waals surface area contributed by atoms with Crippen molar-refractivity contribution in [2.45, 2.75) is 19.3 Å². The maximum atomic E-state index is 12.7. The molecule has 0 atom stereocenters. The third-order valence-electron chi connectivity index (χ3n) is 7.30. The molecule has 1 amide bonds. The number of carbonyl (C=O) groups excluding carboxylic acids is 1. The lowest BCUT2D eigenvalue weighted by molar-refractivity contribution is -0.117. The zero-order chi connectivity index (χ0) is 26.2. The standard InChI is InChI=1S/C29H26N8O2/c38-25(11-17-3-7-30-8-4-17)33-21-12-20(14-31-15-21)18-1-2-24-23(13-18)27(37-36-24)29-34-26-22(19-6-10-39-16-19)5-9-32-28(26)35-29/h1-2,5-6,9-10,12-17,30H,3-4,7-8,11H2,(H,33,38)(H,36,37)(H,32,34,35). The molecule has 5 aromatic heterocycles. The summed E-state index contributed by atoms with van der Waals surface area (Å²) in [6, 6.07) is 11.9. The van der Waals surface area contributed by atoms with Crippen LogP contribution in [0, 0.1) is 5.92 Å². The summed E-state index contributed by atoms with van der Waals surface area (Å²) in [5.74, 6) is 1.07. The number of aromatic amines is 2. The van der Waals surface area contributed by atoms with Gasteiger partial charge >= 0.3 is 0 Å². The summed E-state index contributed by atoms with van der Waals surface area (Å²) in [5.41, 5.74) is 7.46. The van der Waals surface area contributed by atoms with Crippen LogP contribution in [0.2, 0.25) is 0 Å². The highest BCUT2D eigenvalue weighted by molar-refractivity contribution is 5.97. The fourth-order valence-corrected chi connectivity index (χ4v) is 5.28. The normalized spacial score (nSPS) is 14.3. The van der Waals surface area contributed by atoms with Crippen LogP contribution < -0.4 is 10.6 Å². The average Bonchev–Trinajstić information content (AvgIpc) is 3.73. The summed E-state index contributed by atoms with van der Waals surface area (Å²) < 4.78 is 5.27. The van der Waals surface area contributed by atoms with Gasteiger partial charge in [0.2, 0.25) is 5.91 Å². The molecular formula is C29H26N8O2. The van der Waals surface area contributed by atoms with Gasteiger partial charge in [0.05, 0.1) is 35.4 Å². The fourth-order valence-electron chi connectivity index (χ4n) is 5.28. The second-order valence-electron chi connectivity index (χ2n) is 9.90. The number of piperidine rings is 1. The Balaban J connectivity index is 1.19. The lowest BCUT2D eigenvalue weighted by Gasteiger charge is -2.21. The number of fused-ring (bicyclic) bond motifs is 2. The van der Waals surface area contributed by atoms with E-state index in [0.29, 0.717) is 35.2 Å². The minimum Gasteiger partial charge on any atom is -0.472 e. The van der Waals surface area contributed by atoms with Crippen LogP contribution in [-0.4, -0.2) is 49.1 Å².